The molecule has 6 nitrogen and oxygen atoms in total. The van der Waals surface area contributed by atoms with E-state index in [2.05, 4.69) is 0 Å². The second-order valence-corrected chi connectivity index (χ2v) is 8.95. The quantitative estimate of drug-likeness (QED) is 0.473. The van der Waals surface area contributed by atoms with Crippen molar-refractivity contribution in [1.29, 1.82) is 0 Å². The van der Waals surface area contributed by atoms with E-state index in [-0.39, 0.29) is 26.2 Å². The van der Waals surface area contributed by atoms with Gasteiger partial charge < -0.3 is 5.11 Å². The number of carbonyl (C=O) groups is 1. The highest BCUT2D eigenvalue weighted by molar-refractivity contribution is 7.48. The Morgan fingerprint density at radius 2 is 1.36 bits per heavy atom. The molecule has 0 saturated heterocycles. The van der Waals surface area contributed by atoms with Gasteiger partial charge in [0.1, 0.15) is 0 Å². The van der Waals surface area contributed by atoms with Crippen molar-refractivity contribution in [2.75, 3.05) is 6.61 Å². The SMILES string of the molecule is CC(C)(CCOP(=O)(OCc1ccccc1)OCc1ccccc1)CC(=O)O. The Morgan fingerprint density at radius 1 is 0.893 bits per heavy atom. The van der Waals surface area contributed by atoms with Crippen molar-refractivity contribution < 1.29 is 28.0 Å². The number of phosphoric acid groups is 1. The Morgan fingerprint density at radius 3 is 1.79 bits per heavy atom. The van der Waals surface area contributed by atoms with Crippen LogP contribution in [0.2, 0.25) is 0 Å². The normalized spacial score (nSPS) is 12.1. The summed E-state index contributed by atoms with van der Waals surface area (Å²) < 4.78 is 29.6. The molecule has 2 rings (SSSR count). The maximum absolute atomic E-state index is 13.1. The Kier molecular flexibility index (Phi) is 8.39. The lowest BCUT2D eigenvalue weighted by Crippen LogP contribution is -2.19. The number of hydrogen-bond donors (Lipinski definition) is 1. The lowest BCUT2D eigenvalue weighted by molar-refractivity contribution is -0.139. The van der Waals surface area contributed by atoms with Crippen LogP contribution in [-0.4, -0.2) is 17.7 Å². The summed E-state index contributed by atoms with van der Waals surface area (Å²) in [7, 11) is -3.82. The molecule has 0 spiro atoms. The van der Waals surface area contributed by atoms with Crippen LogP contribution in [-0.2, 0) is 36.1 Å². The third-order valence-corrected chi connectivity index (χ3v) is 5.51. The Labute approximate surface area is 166 Å². The summed E-state index contributed by atoms with van der Waals surface area (Å²) >= 11 is 0. The largest absolute Gasteiger partial charge is 0.481 e. The molecular formula is C21H27O6P. The van der Waals surface area contributed by atoms with Crippen molar-refractivity contribution in [3.8, 4) is 0 Å². The Bertz CT molecular complexity index is 728. The predicted octanol–water partition coefficient (Wildman–Crippen LogP) is 5.44. The van der Waals surface area contributed by atoms with E-state index in [1.165, 1.54) is 0 Å². The fourth-order valence-electron chi connectivity index (χ4n) is 2.50. The minimum atomic E-state index is -3.82. The maximum Gasteiger partial charge on any atom is 0.475 e. The Hall–Kier alpha value is -1.98. The molecule has 2 aromatic carbocycles. The van der Waals surface area contributed by atoms with Crippen molar-refractivity contribution >= 4 is 13.8 Å². The predicted molar refractivity (Wildman–Crippen MR) is 107 cm³/mol. The van der Waals surface area contributed by atoms with Crippen molar-refractivity contribution in [3.63, 3.8) is 0 Å². The van der Waals surface area contributed by atoms with Gasteiger partial charge in [-0.2, -0.15) is 0 Å². The van der Waals surface area contributed by atoms with Gasteiger partial charge in [-0.3, -0.25) is 18.4 Å². The van der Waals surface area contributed by atoms with Gasteiger partial charge in [0, 0.05) is 0 Å². The highest BCUT2D eigenvalue weighted by Gasteiger charge is 2.29. The zero-order valence-corrected chi connectivity index (χ0v) is 17.1. The molecule has 0 aliphatic heterocycles. The summed E-state index contributed by atoms with van der Waals surface area (Å²) in [4.78, 5) is 10.9. The average Bonchev–Trinajstić information content (AvgIpc) is 2.65. The van der Waals surface area contributed by atoms with Gasteiger partial charge in [0.15, 0.2) is 0 Å². The molecule has 0 aromatic heterocycles. The molecule has 0 amide bonds. The number of benzene rings is 2. The molecule has 0 heterocycles. The van der Waals surface area contributed by atoms with Crippen LogP contribution >= 0.6 is 7.82 Å². The van der Waals surface area contributed by atoms with E-state index in [9.17, 15) is 9.36 Å². The minimum absolute atomic E-state index is 0.00356. The molecule has 0 aliphatic carbocycles. The number of carboxylic acids is 1. The van der Waals surface area contributed by atoms with Crippen LogP contribution in [0, 0.1) is 5.41 Å². The van der Waals surface area contributed by atoms with Gasteiger partial charge in [0.25, 0.3) is 0 Å². The lowest BCUT2D eigenvalue weighted by Gasteiger charge is -2.24. The van der Waals surface area contributed by atoms with E-state index >= 15 is 0 Å². The van der Waals surface area contributed by atoms with Crippen LogP contribution in [0.5, 0.6) is 0 Å². The lowest BCUT2D eigenvalue weighted by atomic mass is 9.86. The zero-order chi connectivity index (χ0) is 20.5. The second kappa shape index (κ2) is 10.5. The number of hydrogen-bond acceptors (Lipinski definition) is 5. The van der Waals surface area contributed by atoms with E-state index in [1.807, 2.05) is 74.5 Å². The third-order valence-electron chi connectivity index (χ3n) is 4.12. The van der Waals surface area contributed by atoms with Crippen molar-refractivity contribution in [2.24, 2.45) is 5.41 Å². The van der Waals surface area contributed by atoms with Crippen LogP contribution in [0.25, 0.3) is 0 Å². The average molecular weight is 406 g/mol. The standard InChI is InChI=1S/C21H27O6P/c1-21(2,15-20(22)23)13-14-25-28(24,26-16-18-9-5-3-6-10-18)27-17-19-11-7-4-8-12-19/h3-12H,13-17H2,1-2H3,(H,22,23). The molecule has 0 unspecified atom stereocenters. The van der Waals surface area contributed by atoms with Gasteiger partial charge >= 0.3 is 13.8 Å². The summed E-state index contributed by atoms with van der Waals surface area (Å²) in [6.07, 6.45) is 0.406. The molecule has 0 saturated carbocycles. The first-order valence-corrected chi connectivity index (χ1v) is 10.6. The zero-order valence-electron chi connectivity index (χ0n) is 16.2. The number of carboxylic acid groups (broad SMARTS) is 1. The molecule has 0 bridgehead atoms. The highest BCUT2D eigenvalue weighted by atomic mass is 31.2. The Balaban J connectivity index is 1.98. The first kappa shape index (κ1) is 22.3. The fraction of sp³-hybridized carbons (Fsp3) is 0.381. The summed E-state index contributed by atoms with van der Waals surface area (Å²) in [6, 6.07) is 18.7. The van der Waals surface area contributed by atoms with E-state index in [1.54, 1.807) is 0 Å². The number of aliphatic carboxylic acids is 1. The summed E-state index contributed by atoms with van der Waals surface area (Å²) in [5, 5.41) is 8.98. The molecule has 2 aromatic rings. The van der Waals surface area contributed by atoms with Crippen LogP contribution < -0.4 is 0 Å². The highest BCUT2D eigenvalue weighted by Crippen LogP contribution is 2.51. The molecule has 0 atom stereocenters. The molecule has 7 heteroatoms. The monoisotopic (exact) mass is 406 g/mol. The molecule has 0 fully saturated rings. The second-order valence-electron chi connectivity index (χ2n) is 7.28. The van der Waals surface area contributed by atoms with Crippen molar-refractivity contribution in [1.82, 2.24) is 0 Å². The topological polar surface area (TPSA) is 82.1 Å². The minimum Gasteiger partial charge on any atom is -0.481 e. The maximum atomic E-state index is 13.1. The van der Waals surface area contributed by atoms with Gasteiger partial charge in [0.2, 0.25) is 0 Å². The van der Waals surface area contributed by atoms with E-state index in [0.29, 0.717) is 6.42 Å². The van der Waals surface area contributed by atoms with Gasteiger partial charge in [-0.15, -0.1) is 0 Å². The van der Waals surface area contributed by atoms with Crippen molar-refractivity contribution in [2.45, 2.75) is 39.9 Å². The van der Waals surface area contributed by atoms with Gasteiger partial charge in [-0.05, 0) is 23.0 Å². The van der Waals surface area contributed by atoms with Crippen molar-refractivity contribution in [3.05, 3.63) is 71.8 Å². The fourth-order valence-corrected chi connectivity index (χ4v) is 3.65. The van der Waals surface area contributed by atoms with E-state index < -0.39 is 19.2 Å². The van der Waals surface area contributed by atoms with Crippen LogP contribution in [0.4, 0.5) is 0 Å². The van der Waals surface area contributed by atoms with Gasteiger partial charge in [0.05, 0.1) is 26.2 Å². The first-order valence-electron chi connectivity index (χ1n) is 9.11. The summed E-state index contributed by atoms with van der Waals surface area (Å²) in [5.41, 5.74) is 1.21. The third kappa shape index (κ3) is 8.36. The van der Waals surface area contributed by atoms with Gasteiger partial charge in [-0.25, -0.2) is 4.57 Å². The van der Waals surface area contributed by atoms with Gasteiger partial charge in [-0.1, -0.05) is 74.5 Å². The van der Waals surface area contributed by atoms with E-state index in [4.69, 9.17) is 18.7 Å². The smallest absolute Gasteiger partial charge is 0.475 e. The molecular weight excluding hydrogens is 379 g/mol. The molecule has 28 heavy (non-hydrogen) atoms. The molecule has 0 aliphatic rings. The number of rotatable bonds is 12. The van der Waals surface area contributed by atoms with E-state index in [0.717, 1.165) is 11.1 Å². The summed E-state index contributed by atoms with van der Waals surface area (Å²) in [5.74, 6) is -0.881. The molecule has 152 valence electrons. The first-order chi connectivity index (χ1) is 13.3. The van der Waals surface area contributed by atoms with Crippen LogP contribution in [0.3, 0.4) is 0 Å². The number of phosphoric ester groups is 1. The molecule has 0 radical (unpaired) electrons. The van der Waals surface area contributed by atoms with Crippen LogP contribution in [0.15, 0.2) is 60.7 Å². The van der Waals surface area contributed by atoms with Crippen LogP contribution in [0.1, 0.15) is 37.8 Å². The molecule has 1 N–H and O–H groups in total. The summed E-state index contributed by atoms with van der Waals surface area (Å²) in [6.45, 7) is 3.90.